The van der Waals surface area contributed by atoms with Crippen molar-refractivity contribution >= 4 is 31.9 Å². The number of hydrogen-bond acceptors (Lipinski definition) is 5. The minimum absolute atomic E-state index is 0.0984. The van der Waals surface area contributed by atoms with Crippen LogP contribution in [0.3, 0.4) is 0 Å². The second-order valence-electron chi connectivity index (χ2n) is 5.74. The third-order valence-corrected chi connectivity index (χ3v) is 5.75. The lowest BCUT2D eigenvalue weighted by atomic mass is 10.0. The Morgan fingerprint density at radius 2 is 1.73 bits per heavy atom. The Morgan fingerprint density at radius 1 is 1.15 bits per heavy atom. The summed E-state index contributed by atoms with van der Waals surface area (Å²) >= 11 is 3.33. The number of hydrogen-bond donors (Lipinski definition) is 2. The standard InChI is InChI=1S/C18H21BrN2O4S/c1-3-25-18(22)16(20)17(13-6-8-14(19)9-7-13)21-26(23,24)15-10-4-12(2)5-11-15/h4-11,16-17,21H,3,20H2,1-2H3/t16-,17-/m1/s1. The van der Waals surface area contributed by atoms with Gasteiger partial charge in [-0.2, -0.15) is 0 Å². The minimum Gasteiger partial charge on any atom is -0.465 e. The molecule has 0 bridgehead atoms. The summed E-state index contributed by atoms with van der Waals surface area (Å²) in [7, 11) is -3.88. The van der Waals surface area contributed by atoms with E-state index in [2.05, 4.69) is 20.7 Å². The van der Waals surface area contributed by atoms with Crippen LogP contribution in [0.25, 0.3) is 0 Å². The van der Waals surface area contributed by atoms with Gasteiger partial charge in [0.25, 0.3) is 0 Å². The monoisotopic (exact) mass is 440 g/mol. The zero-order valence-electron chi connectivity index (χ0n) is 14.5. The van der Waals surface area contributed by atoms with Crippen LogP contribution in [-0.4, -0.2) is 27.0 Å². The summed E-state index contributed by atoms with van der Waals surface area (Å²) in [5.74, 6) is -0.674. The topological polar surface area (TPSA) is 98.5 Å². The summed E-state index contributed by atoms with van der Waals surface area (Å²) in [4.78, 5) is 12.2. The highest BCUT2D eigenvalue weighted by atomic mass is 79.9. The summed E-state index contributed by atoms with van der Waals surface area (Å²) in [5, 5.41) is 0. The number of halogens is 1. The van der Waals surface area contributed by atoms with E-state index in [-0.39, 0.29) is 11.5 Å². The molecule has 2 atom stereocenters. The smallest absolute Gasteiger partial charge is 0.324 e. The van der Waals surface area contributed by atoms with Crippen molar-refractivity contribution in [2.24, 2.45) is 5.73 Å². The number of carbonyl (C=O) groups is 1. The van der Waals surface area contributed by atoms with Crippen molar-refractivity contribution in [2.75, 3.05) is 6.61 Å². The number of esters is 1. The predicted octanol–water partition coefficient (Wildman–Crippen LogP) is 2.67. The average molecular weight is 441 g/mol. The van der Waals surface area contributed by atoms with Gasteiger partial charge in [-0.15, -0.1) is 0 Å². The van der Waals surface area contributed by atoms with E-state index in [4.69, 9.17) is 10.5 Å². The summed E-state index contributed by atoms with van der Waals surface area (Å²) in [5.41, 5.74) is 7.51. The van der Waals surface area contributed by atoms with Crippen LogP contribution in [0.1, 0.15) is 24.1 Å². The molecule has 0 radical (unpaired) electrons. The van der Waals surface area contributed by atoms with Crippen LogP contribution in [0.15, 0.2) is 57.9 Å². The van der Waals surface area contributed by atoms with Crippen LogP contribution in [0.4, 0.5) is 0 Å². The molecule has 6 nitrogen and oxygen atoms in total. The van der Waals surface area contributed by atoms with E-state index >= 15 is 0 Å². The van der Waals surface area contributed by atoms with E-state index in [1.165, 1.54) is 12.1 Å². The van der Waals surface area contributed by atoms with Crippen LogP contribution < -0.4 is 10.5 Å². The molecule has 2 aromatic rings. The van der Waals surface area contributed by atoms with Crippen molar-refractivity contribution < 1.29 is 17.9 Å². The maximum Gasteiger partial charge on any atom is 0.324 e. The molecule has 2 rings (SSSR count). The average Bonchev–Trinajstić information content (AvgIpc) is 2.60. The number of ether oxygens (including phenoxy) is 1. The van der Waals surface area contributed by atoms with Gasteiger partial charge in [-0.25, -0.2) is 13.1 Å². The molecule has 0 saturated carbocycles. The highest BCUT2D eigenvalue weighted by Crippen LogP contribution is 2.23. The number of rotatable bonds is 7. The number of nitrogens with one attached hydrogen (secondary N) is 1. The minimum atomic E-state index is -3.88. The van der Waals surface area contributed by atoms with Crippen LogP contribution in [0.2, 0.25) is 0 Å². The van der Waals surface area contributed by atoms with E-state index in [9.17, 15) is 13.2 Å². The van der Waals surface area contributed by atoms with Crippen molar-refractivity contribution in [2.45, 2.75) is 30.8 Å². The molecule has 0 aliphatic rings. The summed E-state index contributed by atoms with van der Waals surface area (Å²) < 4.78 is 33.8. The molecule has 3 N–H and O–H groups in total. The molecule has 0 aromatic heterocycles. The highest BCUT2D eigenvalue weighted by molar-refractivity contribution is 9.10. The normalized spacial score (nSPS) is 13.8. The van der Waals surface area contributed by atoms with Gasteiger partial charge >= 0.3 is 5.97 Å². The lowest BCUT2D eigenvalue weighted by molar-refractivity contribution is -0.145. The molecule has 0 amide bonds. The second kappa shape index (κ2) is 8.77. The van der Waals surface area contributed by atoms with E-state index in [1.54, 1.807) is 43.3 Å². The van der Waals surface area contributed by atoms with Gasteiger partial charge in [-0.1, -0.05) is 45.8 Å². The van der Waals surface area contributed by atoms with E-state index in [0.717, 1.165) is 10.0 Å². The van der Waals surface area contributed by atoms with Crippen LogP contribution >= 0.6 is 15.9 Å². The molecule has 0 heterocycles. The number of nitrogens with two attached hydrogens (primary N) is 1. The Labute approximate surface area is 161 Å². The fourth-order valence-corrected chi connectivity index (χ4v) is 3.86. The first-order valence-corrected chi connectivity index (χ1v) is 10.3. The van der Waals surface area contributed by atoms with Crippen molar-refractivity contribution in [1.82, 2.24) is 4.72 Å². The third kappa shape index (κ3) is 5.14. The molecular formula is C18H21BrN2O4S. The maximum absolute atomic E-state index is 12.8. The quantitative estimate of drug-likeness (QED) is 0.644. The van der Waals surface area contributed by atoms with Gasteiger partial charge in [0.1, 0.15) is 6.04 Å². The largest absolute Gasteiger partial charge is 0.465 e. The Hall–Kier alpha value is -1.74. The first kappa shape index (κ1) is 20.6. The number of sulfonamides is 1. The Kier molecular flexibility index (Phi) is 6.94. The van der Waals surface area contributed by atoms with Gasteiger partial charge < -0.3 is 10.5 Å². The number of carbonyl (C=O) groups excluding carboxylic acids is 1. The van der Waals surface area contributed by atoms with E-state index in [1.807, 2.05) is 6.92 Å². The van der Waals surface area contributed by atoms with Gasteiger partial charge in [0.15, 0.2) is 0 Å². The van der Waals surface area contributed by atoms with Gasteiger partial charge in [0, 0.05) is 4.47 Å². The zero-order valence-corrected chi connectivity index (χ0v) is 16.9. The predicted molar refractivity (Wildman–Crippen MR) is 103 cm³/mol. The summed E-state index contributed by atoms with van der Waals surface area (Å²) in [6.07, 6.45) is 0. The molecule has 0 saturated heterocycles. The Morgan fingerprint density at radius 3 is 2.27 bits per heavy atom. The second-order valence-corrected chi connectivity index (χ2v) is 8.37. The molecule has 0 spiro atoms. The van der Waals surface area contributed by atoms with Gasteiger partial charge in [0.05, 0.1) is 17.5 Å². The van der Waals surface area contributed by atoms with Crippen molar-refractivity contribution in [3.05, 3.63) is 64.1 Å². The highest BCUT2D eigenvalue weighted by Gasteiger charge is 2.31. The van der Waals surface area contributed by atoms with E-state index < -0.39 is 28.1 Å². The maximum atomic E-state index is 12.8. The van der Waals surface area contributed by atoms with Crippen LogP contribution in [0, 0.1) is 6.92 Å². The molecular weight excluding hydrogens is 420 g/mol. The molecule has 140 valence electrons. The fraction of sp³-hybridized carbons (Fsp3) is 0.278. The van der Waals surface area contributed by atoms with Crippen molar-refractivity contribution in [1.29, 1.82) is 0 Å². The summed E-state index contributed by atoms with van der Waals surface area (Å²) in [6.45, 7) is 3.69. The van der Waals surface area contributed by atoms with Crippen molar-refractivity contribution in [3.63, 3.8) is 0 Å². The third-order valence-electron chi connectivity index (χ3n) is 3.76. The Balaban J connectivity index is 2.38. The van der Waals surface area contributed by atoms with Gasteiger partial charge in [-0.05, 0) is 43.7 Å². The molecule has 2 aromatic carbocycles. The number of aryl methyl sites for hydroxylation is 1. The number of benzene rings is 2. The molecule has 0 aliphatic carbocycles. The molecule has 0 fully saturated rings. The SMILES string of the molecule is CCOC(=O)[C@H](N)[C@H](NS(=O)(=O)c1ccc(C)cc1)c1ccc(Br)cc1. The Bertz CT molecular complexity index is 852. The van der Waals surface area contributed by atoms with Crippen LogP contribution in [0.5, 0.6) is 0 Å². The van der Waals surface area contributed by atoms with Crippen LogP contribution in [-0.2, 0) is 19.6 Å². The first-order valence-electron chi connectivity index (χ1n) is 8.01. The molecule has 26 heavy (non-hydrogen) atoms. The zero-order chi connectivity index (χ0) is 19.3. The van der Waals surface area contributed by atoms with Crippen molar-refractivity contribution in [3.8, 4) is 0 Å². The van der Waals surface area contributed by atoms with E-state index in [0.29, 0.717) is 5.56 Å². The lowest BCUT2D eigenvalue weighted by Gasteiger charge is -2.24. The van der Waals surface area contributed by atoms with Gasteiger partial charge in [-0.3, -0.25) is 4.79 Å². The summed E-state index contributed by atoms with van der Waals surface area (Å²) in [6, 6.07) is 11.2. The lowest BCUT2D eigenvalue weighted by Crippen LogP contribution is -2.46. The fourth-order valence-electron chi connectivity index (χ4n) is 2.35. The molecule has 8 heteroatoms. The molecule has 0 unspecified atom stereocenters. The molecule has 0 aliphatic heterocycles. The van der Waals surface area contributed by atoms with Gasteiger partial charge in [0.2, 0.25) is 10.0 Å². The first-order chi connectivity index (χ1) is 12.2.